The number of piperidine rings is 1. The lowest BCUT2D eigenvalue weighted by Crippen LogP contribution is -2.49. The maximum Gasteiger partial charge on any atom is 0.258 e. The van der Waals surface area contributed by atoms with E-state index in [-0.39, 0.29) is 23.3 Å². The molecule has 6 nitrogen and oxygen atoms in total. The van der Waals surface area contributed by atoms with E-state index in [4.69, 9.17) is 4.74 Å². The van der Waals surface area contributed by atoms with Crippen LogP contribution in [0.4, 0.5) is 0 Å². The fourth-order valence-electron chi connectivity index (χ4n) is 5.49. The molecular weight excluding hydrogens is 426 g/mol. The van der Waals surface area contributed by atoms with E-state index in [0.717, 1.165) is 41.1 Å². The van der Waals surface area contributed by atoms with Gasteiger partial charge in [-0.05, 0) is 74.0 Å². The highest BCUT2D eigenvalue weighted by atomic mass is 16.5. The summed E-state index contributed by atoms with van der Waals surface area (Å²) in [5.74, 6) is 1.23. The third-order valence-corrected chi connectivity index (χ3v) is 7.02. The minimum absolute atomic E-state index is 0.0439. The number of aromatic nitrogens is 1. The molecule has 0 radical (unpaired) electrons. The van der Waals surface area contributed by atoms with Crippen molar-refractivity contribution in [2.75, 3.05) is 34.3 Å². The van der Waals surface area contributed by atoms with Crippen LogP contribution in [-0.2, 0) is 13.1 Å². The number of carbonyl (C=O) groups excluding carboxylic acids is 1. The molecule has 0 saturated carbocycles. The molecule has 1 saturated heterocycles. The van der Waals surface area contributed by atoms with E-state index in [1.165, 1.54) is 0 Å². The summed E-state index contributed by atoms with van der Waals surface area (Å²) in [6.07, 6.45) is 1.02. The molecule has 2 atom stereocenters. The third-order valence-electron chi connectivity index (χ3n) is 7.02. The highest BCUT2D eigenvalue weighted by molar-refractivity contribution is 5.94. The first kappa shape index (κ1) is 22.4. The van der Waals surface area contributed by atoms with E-state index in [9.17, 15) is 9.59 Å². The molecule has 176 valence electrons. The van der Waals surface area contributed by atoms with Crippen molar-refractivity contribution in [1.29, 1.82) is 0 Å². The van der Waals surface area contributed by atoms with Crippen LogP contribution in [0.2, 0.25) is 0 Å². The number of benzene rings is 2. The van der Waals surface area contributed by atoms with Crippen molar-refractivity contribution >= 4 is 5.91 Å². The lowest BCUT2D eigenvalue weighted by Gasteiger charge is -2.43. The van der Waals surface area contributed by atoms with Crippen LogP contribution in [0.25, 0.3) is 11.1 Å². The van der Waals surface area contributed by atoms with Crippen molar-refractivity contribution in [2.24, 2.45) is 5.92 Å². The topological polar surface area (TPSA) is 54.8 Å². The van der Waals surface area contributed by atoms with Gasteiger partial charge < -0.3 is 19.1 Å². The standard InChI is InChI=1S/C28H31N3O3/c1-29(2)17-21-6-4-5-7-24(21)25-12-13-26-22-14-19(16-31(26)28(25)33)15-30(18-22)27(32)20-8-10-23(34-3)11-9-20/h4-13,19,22H,14-18H2,1-3H3/t19-,22-/m1/s1. The molecule has 34 heavy (non-hydrogen) atoms. The number of fused-ring (bicyclic) bond motifs is 4. The van der Waals surface area contributed by atoms with Crippen molar-refractivity contribution in [1.82, 2.24) is 14.4 Å². The van der Waals surface area contributed by atoms with E-state index >= 15 is 0 Å². The van der Waals surface area contributed by atoms with Gasteiger partial charge in [-0.3, -0.25) is 9.59 Å². The van der Waals surface area contributed by atoms with Crippen LogP contribution in [0.5, 0.6) is 5.75 Å². The van der Waals surface area contributed by atoms with E-state index in [1.54, 1.807) is 7.11 Å². The number of methoxy groups -OCH3 is 1. The zero-order valence-electron chi connectivity index (χ0n) is 20.0. The van der Waals surface area contributed by atoms with Crippen LogP contribution in [0.1, 0.15) is 34.0 Å². The van der Waals surface area contributed by atoms with E-state index in [0.29, 0.717) is 25.2 Å². The van der Waals surface area contributed by atoms with Gasteiger partial charge in [0, 0.05) is 48.9 Å². The van der Waals surface area contributed by atoms with Crippen molar-refractivity contribution in [2.45, 2.75) is 25.4 Å². The van der Waals surface area contributed by atoms with Crippen molar-refractivity contribution < 1.29 is 9.53 Å². The minimum Gasteiger partial charge on any atom is -0.497 e. The first-order valence-corrected chi connectivity index (χ1v) is 11.8. The molecular formula is C28H31N3O3. The summed E-state index contributed by atoms with van der Waals surface area (Å²) >= 11 is 0. The predicted octanol–water partition coefficient (Wildman–Crippen LogP) is 3.85. The largest absolute Gasteiger partial charge is 0.497 e. The van der Waals surface area contributed by atoms with Gasteiger partial charge in [-0.25, -0.2) is 0 Å². The van der Waals surface area contributed by atoms with Gasteiger partial charge in [-0.1, -0.05) is 24.3 Å². The summed E-state index contributed by atoms with van der Waals surface area (Å²) in [6.45, 7) is 2.75. The van der Waals surface area contributed by atoms with Gasteiger partial charge in [0.2, 0.25) is 0 Å². The number of ether oxygens (including phenoxy) is 1. The Morgan fingerprint density at radius 1 is 0.971 bits per heavy atom. The van der Waals surface area contributed by atoms with Crippen LogP contribution in [0.15, 0.2) is 65.5 Å². The Balaban J connectivity index is 1.43. The average Bonchev–Trinajstić information content (AvgIpc) is 2.84. The summed E-state index contributed by atoms with van der Waals surface area (Å²) in [4.78, 5) is 30.9. The average molecular weight is 458 g/mol. The third kappa shape index (κ3) is 4.14. The SMILES string of the molecule is COc1ccc(C(=O)N2C[C@H]3C[C@H](C2)c2ccc(-c4ccccc4CN(C)C)c(=O)n2C3)cc1. The number of nitrogens with zero attached hydrogens (tertiary/aromatic N) is 3. The number of likely N-dealkylation sites (tertiary alicyclic amines) is 1. The predicted molar refractivity (Wildman–Crippen MR) is 133 cm³/mol. The van der Waals surface area contributed by atoms with Gasteiger partial charge in [-0.15, -0.1) is 0 Å². The van der Waals surface area contributed by atoms with Gasteiger partial charge in [0.15, 0.2) is 0 Å². The normalized spacial score (nSPS) is 19.1. The molecule has 1 fully saturated rings. The van der Waals surface area contributed by atoms with Crippen LogP contribution >= 0.6 is 0 Å². The summed E-state index contributed by atoms with van der Waals surface area (Å²) in [6, 6.07) is 19.5. The fraction of sp³-hybridized carbons (Fsp3) is 0.357. The van der Waals surface area contributed by atoms with Gasteiger partial charge in [0.1, 0.15) is 5.75 Å². The molecule has 3 heterocycles. The molecule has 2 aliphatic rings. The number of rotatable bonds is 5. The zero-order chi connectivity index (χ0) is 23.8. The number of pyridine rings is 1. The Labute approximate surface area is 200 Å². The lowest BCUT2D eigenvalue weighted by molar-refractivity contribution is 0.0594. The summed E-state index contributed by atoms with van der Waals surface area (Å²) in [5.41, 5.74) is 4.70. The Morgan fingerprint density at radius 3 is 2.47 bits per heavy atom. The van der Waals surface area contributed by atoms with E-state index in [2.05, 4.69) is 17.0 Å². The second-order valence-electron chi connectivity index (χ2n) is 9.72. The maximum absolute atomic E-state index is 13.6. The molecule has 0 spiro atoms. The summed E-state index contributed by atoms with van der Waals surface area (Å²) in [5, 5.41) is 0. The second-order valence-corrected chi connectivity index (χ2v) is 9.72. The van der Waals surface area contributed by atoms with Crippen LogP contribution < -0.4 is 10.3 Å². The molecule has 0 aliphatic carbocycles. The quantitative estimate of drug-likeness (QED) is 0.584. The van der Waals surface area contributed by atoms with Crippen LogP contribution in [0, 0.1) is 5.92 Å². The number of carbonyl (C=O) groups is 1. The van der Waals surface area contributed by atoms with Crippen molar-refractivity contribution in [3.8, 4) is 16.9 Å². The molecule has 6 heteroatoms. The molecule has 0 N–H and O–H groups in total. The first-order valence-electron chi connectivity index (χ1n) is 11.8. The van der Waals surface area contributed by atoms with Crippen LogP contribution in [-0.4, -0.2) is 54.6 Å². The molecule has 2 aromatic carbocycles. The Bertz CT molecular complexity index is 1260. The van der Waals surface area contributed by atoms with Gasteiger partial charge >= 0.3 is 0 Å². The van der Waals surface area contributed by atoms with Crippen molar-refractivity contribution in [3.63, 3.8) is 0 Å². The highest BCUT2D eigenvalue weighted by Gasteiger charge is 2.37. The van der Waals surface area contributed by atoms with E-state index in [1.807, 2.05) is 72.1 Å². The maximum atomic E-state index is 13.6. The Kier molecular flexibility index (Phi) is 6.00. The molecule has 0 unspecified atom stereocenters. The molecule has 2 aliphatic heterocycles. The molecule has 5 rings (SSSR count). The fourth-order valence-corrected chi connectivity index (χ4v) is 5.49. The number of amides is 1. The van der Waals surface area contributed by atoms with E-state index < -0.39 is 0 Å². The van der Waals surface area contributed by atoms with Crippen LogP contribution in [0.3, 0.4) is 0 Å². The second kappa shape index (κ2) is 9.11. The summed E-state index contributed by atoms with van der Waals surface area (Å²) in [7, 11) is 5.70. The van der Waals surface area contributed by atoms with Crippen molar-refractivity contribution in [3.05, 3.63) is 87.8 Å². The lowest BCUT2D eigenvalue weighted by atomic mass is 9.82. The van der Waals surface area contributed by atoms with Gasteiger partial charge in [0.05, 0.1) is 7.11 Å². The molecule has 3 aromatic rings. The molecule has 2 bridgehead atoms. The number of hydrogen-bond donors (Lipinski definition) is 0. The highest BCUT2D eigenvalue weighted by Crippen LogP contribution is 2.36. The van der Waals surface area contributed by atoms with Gasteiger partial charge in [-0.2, -0.15) is 0 Å². The zero-order valence-corrected chi connectivity index (χ0v) is 20.0. The monoisotopic (exact) mass is 457 g/mol. The minimum atomic E-state index is 0.0439. The molecule has 1 aromatic heterocycles. The smallest absolute Gasteiger partial charge is 0.258 e. The number of hydrogen-bond acceptors (Lipinski definition) is 4. The summed E-state index contributed by atoms with van der Waals surface area (Å²) < 4.78 is 7.18. The Morgan fingerprint density at radius 2 is 1.74 bits per heavy atom. The first-order chi connectivity index (χ1) is 16.4. The molecule has 1 amide bonds. The Hall–Kier alpha value is -3.38. The van der Waals surface area contributed by atoms with Gasteiger partial charge in [0.25, 0.3) is 11.5 Å².